The molecule has 1 amide bonds. The van der Waals surface area contributed by atoms with Crippen LogP contribution in [0.1, 0.15) is 21.7 Å². The van der Waals surface area contributed by atoms with E-state index in [1.807, 2.05) is 0 Å². The first-order valence-electron chi connectivity index (χ1n) is 10.4. The van der Waals surface area contributed by atoms with E-state index in [0.29, 0.717) is 46.2 Å². The number of carbonyl (C=O) groups excluding carboxylic acids is 1. The van der Waals surface area contributed by atoms with E-state index in [-0.39, 0.29) is 12.2 Å². The Bertz CT molecular complexity index is 1210. The summed E-state index contributed by atoms with van der Waals surface area (Å²) < 4.78 is 46.5. The Morgan fingerprint density at radius 2 is 1.85 bits per heavy atom. The zero-order valence-electron chi connectivity index (χ0n) is 17.7. The van der Waals surface area contributed by atoms with Gasteiger partial charge in [0.05, 0.1) is 6.42 Å². The van der Waals surface area contributed by atoms with E-state index in [1.165, 1.54) is 11.0 Å². The Kier molecular flexibility index (Phi) is 6.63. The average Bonchev–Trinajstić information content (AvgIpc) is 3.42. The van der Waals surface area contributed by atoms with Crippen molar-refractivity contribution < 1.29 is 37.7 Å². The first-order chi connectivity index (χ1) is 16.1. The predicted molar refractivity (Wildman–Crippen MR) is 120 cm³/mol. The first kappa shape index (κ1) is 23.8. The van der Waals surface area contributed by atoms with Gasteiger partial charge in [0.15, 0.2) is 6.10 Å². The van der Waals surface area contributed by atoms with Crippen LogP contribution in [-0.4, -0.2) is 34.7 Å². The molecule has 1 atom stereocenters. The molecule has 0 fully saturated rings. The Labute approximate surface area is 196 Å². The number of aliphatic hydroxyl groups excluding tert-OH is 1. The highest BCUT2D eigenvalue weighted by molar-refractivity contribution is 7.12. The van der Waals surface area contributed by atoms with Crippen molar-refractivity contribution in [2.75, 3.05) is 11.4 Å². The summed E-state index contributed by atoms with van der Waals surface area (Å²) in [7, 11) is 0. The van der Waals surface area contributed by atoms with Gasteiger partial charge in [-0.1, -0.05) is 30.3 Å². The average molecular weight is 491 g/mol. The van der Waals surface area contributed by atoms with Gasteiger partial charge in [0, 0.05) is 22.7 Å². The monoisotopic (exact) mass is 491 g/mol. The topological polar surface area (TPSA) is 87.1 Å². The molecule has 0 radical (unpaired) electrons. The highest BCUT2D eigenvalue weighted by Gasteiger charge is 2.36. The lowest BCUT2D eigenvalue weighted by atomic mass is 10.1. The molecule has 0 aliphatic carbocycles. The summed E-state index contributed by atoms with van der Waals surface area (Å²) in [6.07, 6.45) is -6.27. The molecular formula is C24H20F3NO5S. The summed E-state index contributed by atoms with van der Waals surface area (Å²) in [6, 6.07) is 14.8. The second-order valence-corrected chi connectivity index (χ2v) is 8.89. The zero-order chi connectivity index (χ0) is 24.5. The van der Waals surface area contributed by atoms with Crippen LogP contribution in [0.15, 0.2) is 54.6 Å². The van der Waals surface area contributed by atoms with Gasteiger partial charge in [-0.25, -0.2) is 4.79 Å². The standard InChI is InChI=1S/C24H20F3NO5S/c25-24(26,27)22-18(14-4-2-1-3-5-14)11-17(34-22)13-33-16-6-7-19-15(10-16)8-9-28(19)21(30)12-20(29)23(31)32/h1-7,10-11,20,29H,8-9,12-13H2,(H,31,32)/t20-/m0/s1. The third kappa shape index (κ3) is 5.07. The number of benzene rings is 2. The second-order valence-electron chi connectivity index (χ2n) is 7.75. The largest absolute Gasteiger partial charge is 0.488 e. The van der Waals surface area contributed by atoms with Crippen molar-refractivity contribution in [2.24, 2.45) is 0 Å². The lowest BCUT2D eigenvalue weighted by Gasteiger charge is -2.18. The van der Waals surface area contributed by atoms with Crippen LogP contribution in [0.2, 0.25) is 0 Å². The summed E-state index contributed by atoms with van der Waals surface area (Å²) in [4.78, 5) is 24.3. The summed E-state index contributed by atoms with van der Waals surface area (Å²) in [5, 5.41) is 18.2. The van der Waals surface area contributed by atoms with Gasteiger partial charge in [-0.2, -0.15) is 13.2 Å². The van der Waals surface area contributed by atoms with E-state index in [1.54, 1.807) is 48.5 Å². The van der Waals surface area contributed by atoms with Crippen LogP contribution in [0.25, 0.3) is 11.1 Å². The fourth-order valence-corrected chi connectivity index (χ4v) is 4.76. The van der Waals surface area contributed by atoms with Crippen molar-refractivity contribution in [1.82, 2.24) is 0 Å². The number of anilines is 1. The van der Waals surface area contributed by atoms with Crippen molar-refractivity contribution in [3.63, 3.8) is 0 Å². The van der Waals surface area contributed by atoms with Crippen molar-refractivity contribution in [3.05, 3.63) is 69.9 Å². The lowest BCUT2D eigenvalue weighted by Crippen LogP contribution is -2.34. The zero-order valence-corrected chi connectivity index (χ0v) is 18.5. The molecule has 3 aromatic rings. The Morgan fingerprint density at radius 3 is 2.53 bits per heavy atom. The van der Waals surface area contributed by atoms with Crippen LogP contribution in [0.4, 0.5) is 18.9 Å². The molecule has 178 valence electrons. The maximum absolute atomic E-state index is 13.6. The smallest absolute Gasteiger partial charge is 0.426 e. The molecule has 0 saturated carbocycles. The minimum atomic E-state index is -4.48. The van der Waals surface area contributed by atoms with Gasteiger partial charge in [0.1, 0.15) is 17.2 Å². The number of ether oxygens (including phenoxy) is 1. The van der Waals surface area contributed by atoms with Crippen LogP contribution >= 0.6 is 11.3 Å². The Balaban J connectivity index is 1.48. The number of hydrogen-bond acceptors (Lipinski definition) is 5. The van der Waals surface area contributed by atoms with Crippen LogP contribution in [-0.2, 0) is 28.8 Å². The quantitative estimate of drug-likeness (QED) is 0.499. The van der Waals surface area contributed by atoms with Gasteiger partial charge in [0.2, 0.25) is 5.91 Å². The molecule has 0 bridgehead atoms. The number of halogens is 3. The fourth-order valence-electron chi connectivity index (χ4n) is 3.80. The number of alkyl halides is 3. The SMILES string of the molecule is O=C(O)[C@@H](O)CC(=O)N1CCc2cc(OCc3cc(-c4ccccc4)c(C(F)(F)F)s3)ccc21. The van der Waals surface area contributed by atoms with Gasteiger partial charge in [-0.15, -0.1) is 11.3 Å². The molecule has 0 spiro atoms. The van der Waals surface area contributed by atoms with Crippen molar-refractivity contribution >= 4 is 28.9 Å². The summed E-state index contributed by atoms with van der Waals surface area (Å²) in [5.74, 6) is -1.52. The lowest BCUT2D eigenvalue weighted by molar-refractivity contribution is -0.148. The molecule has 6 nitrogen and oxygen atoms in total. The van der Waals surface area contributed by atoms with Gasteiger partial charge < -0.3 is 19.8 Å². The molecule has 1 aliphatic heterocycles. The Hall–Kier alpha value is -3.37. The number of carbonyl (C=O) groups is 2. The molecule has 0 saturated heterocycles. The number of rotatable bonds is 7. The number of hydrogen-bond donors (Lipinski definition) is 2. The van der Waals surface area contributed by atoms with E-state index < -0.39 is 35.5 Å². The van der Waals surface area contributed by atoms with Gasteiger partial charge in [0.25, 0.3) is 0 Å². The molecule has 4 rings (SSSR count). The van der Waals surface area contributed by atoms with Gasteiger partial charge >= 0.3 is 12.1 Å². The normalized spacial score (nSPS) is 14.1. The Morgan fingerprint density at radius 1 is 1.12 bits per heavy atom. The van der Waals surface area contributed by atoms with Gasteiger partial charge in [-0.05, 0) is 41.8 Å². The third-order valence-electron chi connectivity index (χ3n) is 5.41. The number of nitrogens with zero attached hydrogens (tertiary/aromatic N) is 1. The molecule has 1 aromatic heterocycles. The molecule has 2 heterocycles. The van der Waals surface area contributed by atoms with Crippen molar-refractivity contribution in [3.8, 4) is 16.9 Å². The third-order valence-corrected chi connectivity index (χ3v) is 6.56. The number of carboxylic acid groups (broad SMARTS) is 1. The van der Waals surface area contributed by atoms with Gasteiger partial charge in [-0.3, -0.25) is 4.79 Å². The highest BCUT2D eigenvalue weighted by atomic mass is 32.1. The predicted octanol–water partition coefficient (Wildman–Crippen LogP) is 4.74. The molecule has 1 aliphatic rings. The second kappa shape index (κ2) is 9.47. The van der Waals surface area contributed by atoms with E-state index in [2.05, 4.69) is 0 Å². The molecule has 2 N–H and O–H groups in total. The summed E-state index contributed by atoms with van der Waals surface area (Å²) in [5.41, 5.74) is 1.98. The molecular weight excluding hydrogens is 471 g/mol. The highest BCUT2D eigenvalue weighted by Crippen LogP contribution is 2.43. The molecule has 0 unspecified atom stereocenters. The van der Waals surface area contributed by atoms with E-state index in [0.717, 1.165) is 5.56 Å². The minimum Gasteiger partial charge on any atom is -0.488 e. The van der Waals surface area contributed by atoms with Crippen LogP contribution in [0, 0.1) is 0 Å². The van der Waals surface area contributed by atoms with E-state index in [4.69, 9.17) is 9.84 Å². The summed E-state index contributed by atoms with van der Waals surface area (Å²) >= 11 is 0.644. The van der Waals surface area contributed by atoms with Crippen LogP contribution in [0.5, 0.6) is 5.75 Å². The van der Waals surface area contributed by atoms with Crippen LogP contribution in [0.3, 0.4) is 0 Å². The molecule has 34 heavy (non-hydrogen) atoms. The maximum atomic E-state index is 13.6. The van der Waals surface area contributed by atoms with Crippen LogP contribution < -0.4 is 9.64 Å². The number of aliphatic hydroxyl groups is 1. The number of aliphatic carboxylic acids is 1. The minimum absolute atomic E-state index is 0.0488. The number of fused-ring (bicyclic) bond motifs is 1. The molecule has 10 heteroatoms. The van der Waals surface area contributed by atoms with E-state index in [9.17, 15) is 27.9 Å². The molecule has 2 aromatic carbocycles. The number of thiophene rings is 1. The van der Waals surface area contributed by atoms with Crippen molar-refractivity contribution in [1.29, 1.82) is 0 Å². The van der Waals surface area contributed by atoms with Crippen molar-refractivity contribution in [2.45, 2.75) is 31.7 Å². The number of carboxylic acids is 1. The number of amides is 1. The maximum Gasteiger partial charge on any atom is 0.426 e. The fraction of sp³-hybridized carbons (Fsp3) is 0.250. The summed E-state index contributed by atoms with van der Waals surface area (Å²) in [6.45, 7) is 0.289. The van der Waals surface area contributed by atoms with E-state index >= 15 is 0 Å². The first-order valence-corrected chi connectivity index (χ1v) is 11.2.